The molecule has 0 fully saturated rings. The van der Waals surface area contributed by atoms with Crippen molar-refractivity contribution in [1.82, 2.24) is 15.0 Å². The molecule has 268 valence electrons. The van der Waals surface area contributed by atoms with Gasteiger partial charge in [-0.05, 0) is 58.5 Å². The Labute approximate surface area is 331 Å². The molecule has 7 aromatic carbocycles. The van der Waals surface area contributed by atoms with Gasteiger partial charge < -0.3 is 9.64 Å². The summed E-state index contributed by atoms with van der Waals surface area (Å²) in [7, 11) is 0. The van der Waals surface area contributed by atoms with E-state index in [-0.39, 0.29) is 0 Å². The number of ether oxygens (including phenoxy) is 1. The van der Waals surface area contributed by atoms with Crippen LogP contribution in [0.25, 0.3) is 45.3 Å². The molecule has 5 nitrogen and oxygen atoms in total. The van der Waals surface area contributed by atoms with E-state index in [1.54, 1.807) is 0 Å². The van der Waals surface area contributed by atoms with Gasteiger partial charge in [0.05, 0.1) is 16.8 Å². The average Bonchev–Trinajstić information content (AvgIpc) is 3.63. The van der Waals surface area contributed by atoms with Crippen LogP contribution in [0.3, 0.4) is 0 Å². The van der Waals surface area contributed by atoms with Crippen molar-refractivity contribution in [2.75, 3.05) is 4.90 Å². The molecule has 0 radical (unpaired) electrons. The van der Waals surface area contributed by atoms with Gasteiger partial charge in [0, 0.05) is 39.4 Å². The van der Waals surface area contributed by atoms with Crippen LogP contribution in [0, 0.1) is 0 Å². The van der Waals surface area contributed by atoms with Gasteiger partial charge in [-0.1, -0.05) is 164 Å². The van der Waals surface area contributed by atoms with Crippen LogP contribution >= 0.6 is 0 Å². The van der Waals surface area contributed by atoms with Gasteiger partial charge in [0.15, 0.2) is 17.5 Å². The second-order valence-electron chi connectivity index (χ2n) is 15.1. The summed E-state index contributed by atoms with van der Waals surface area (Å²) in [5.41, 5.74) is 14.6. The third-order valence-electron chi connectivity index (χ3n) is 12.1. The minimum absolute atomic E-state index is 0.334. The number of fused-ring (bicyclic) bond motifs is 11. The van der Waals surface area contributed by atoms with E-state index in [9.17, 15) is 0 Å². The smallest absolute Gasteiger partial charge is 0.164 e. The number of aromatic nitrogens is 3. The molecular formula is C52H34N4O. The van der Waals surface area contributed by atoms with Crippen molar-refractivity contribution in [3.8, 4) is 56.8 Å². The van der Waals surface area contributed by atoms with Gasteiger partial charge in [0.2, 0.25) is 0 Å². The molecule has 0 bridgehead atoms. The van der Waals surface area contributed by atoms with Gasteiger partial charge in [0.25, 0.3) is 0 Å². The number of hydrogen-bond donors (Lipinski definition) is 0. The van der Waals surface area contributed by atoms with Crippen molar-refractivity contribution in [2.45, 2.75) is 17.8 Å². The van der Waals surface area contributed by atoms with Crippen LogP contribution in [-0.2, 0) is 5.41 Å². The van der Waals surface area contributed by atoms with E-state index in [1.807, 2.05) is 60.7 Å². The fourth-order valence-corrected chi connectivity index (χ4v) is 9.60. The van der Waals surface area contributed by atoms with Crippen LogP contribution in [0.5, 0.6) is 11.5 Å². The van der Waals surface area contributed by atoms with E-state index in [1.165, 1.54) is 39.3 Å². The Morgan fingerprint density at radius 3 is 1.81 bits per heavy atom. The maximum atomic E-state index is 6.91. The highest BCUT2D eigenvalue weighted by molar-refractivity contribution is 5.93. The number of nitrogens with zero attached hydrogens (tertiary/aromatic N) is 4. The van der Waals surface area contributed by atoms with E-state index in [0.717, 1.165) is 51.3 Å². The molecule has 2 atom stereocenters. The number of benzene rings is 7. The molecule has 2 unspecified atom stereocenters. The monoisotopic (exact) mass is 730 g/mol. The third-order valence-corrected chi connectivity index (χ3v) is 12.1. The summed E-state index contributed by atoms with van der Waals surface area (Å²) in [4.78, 5) is 17.3. The van der Waals surface area contributed by atoms with Crippen molar-refractivity contribution in [3.63, 3.8) is 0 Å². The summed E-state index contributed by atoms with van der Waals surface area (Å²) in [5.74, 6) is 4.01. The zero-order valence-electron chi connectivity index (χ0n) is 30.9. The Kier molecular flexibility index (Phi) is 6.90. The molecule has 1 spiro atoms. The van der Waals surface area contributed by atoms with Crippen LogP contribution in [0.4, 0.5) is 11.4 Å². The molecule has 4 heterocycles. The third kappa shape index (κ3) is 4.66. The molecule has 1 aromatic heterocycles. The Hall–Kier alpha value is -7.37. The standard InChI is InChI=1S/C52H34N4O/c1-3-14-34(15-4-1)49-53-50(35-16-5-2-6-17-35)55-51(54-49)36-28-26-33(27-29-36)37-30-31-42-47(32-37)57-46-25-12-9-21-41(46)52(42)40-20-8-11-24-45(40)56-44-23-10-7-18-38(44)39-19-13-22-43(52)48(39)56/h1-17,19-32,38H,18H2. The van der Waals surface area contributed by atoms with E-state index >= 15 is 0 Å². The fraction of sp³-hybridized carbons (Fsp3) is 0.0577. The summed E-state index contributed by atoms with van der Waals surface area (Å²) < 4.78 is 6.91. The molecule has 12 rings (SSSR count). The Balaban J connectivity index is 0.994. The van der Waals surface area contributed by atoms with Crippen LogP contribution in [0.15, 0.2) is 194 Å². The van der Waals surface area contributed by atoms with Gasteiger partial charge >= 0.3 is 0 Å². The lowest BCUT2D eigenvalue weighted by molar-refractivity contribution is 0.434. The highest BCUT2D eigenvalue weighted by atomic mass is 16.5. The van der Waals surface area contributed by atoms with Gasteiger partial charge in [-0.25, -0.2) is 15.0 Å². The fourth-order valence-electron chi connectivity index (χ4n) is 9.60. The van der Waals surface area contributed by atoms with Crippen LogP contribution in [0.2, 0.25) is 0 Å². The first-order valence-corrected chi connectivity index (χ1v) is 19.5. The molecule has 57 heavy (non-hydrogen) atoms. The Bertz CT molecular complexity index is 2910. The molecule has 8 aromatic rings. The second-order valence-corrected chi connectivity index (χ2v) is 15.1. The predicted octanol–water partition coefficient (Wildman–Crippen LogP) is 12.4. The molecule has 4 aliphatic rings. The summed E-state index contributed by atoms with van der Waals surface area (Å²) in [6.45, 7) is 0. The summed E-state index contributed by atoms with van der Waals surface area (Å²) in [6.07, 6.45) is 7.82. The Morgan fingerprint density at radius 2 is 1.07 bits per heavy atom. The lowest BCUT2D eigenvalue weighted by atomic mass is 9.61. The lowest BCUT2D eigenvalue weighted by Crippen LogP contribution is -2.39. The number of hydrogen-bond acceptors (Lipinski definition) is 5. The Morgan fingerprint density at radius 1 is 0.491 bits per heavy atom. The summed E-state index contributed by atoms with van der Waals surface area (Å²) in [6, 6.07) is 60.0. The molecule has 1 aliphatic carbocycles. The van der Waals surface area contributed by atoms with Gasteiger partial charge in [-0.15, -0.1) is 0 Å². The largest absolute Gasteiger partial charge is 0.457 e. The van der Waals surface area contributed by atoms with Crippen LogP contribution < -0.4 is 9.64 Å². The first kappa shape index (κ1) is 31.9. The van der Waals surface area contributed by atoms with E-state index < -0.39 is 5.41 Å². The molecule has 0 amide bonds. The van der Waals surface area contributed by atoms with Crippen molar-refractivity contribution < 1.29 is 4.74 Å². The topological polar surface area (TPSA) is 51.1 Å². The van der Waals surface area contributed by atoms with Crippen molar-refractivity contribution >= 4 is 11.4 Å². The van der Waals surface area contributed by atoms with E-state index in [2.05, 4.69) is 132 Å². The maximum absolute atomic E-state index is 6.91. The van der Waals surface area contributed by atoms with Crippen molar-refractivity contribution in [2.24, 2.45) is 0 Å². The van der Waals surface area contributed by atoms with Crippen LogP contribution in [-0.4, -0.2) is 15.0 Å². The highest BCUT2D eigenvalue weighted by Gasteiger charge is 2.54. The van der Waals surface area contributed by atoms with Crippen molar-refractivity contribution in [3.05, 3.63) is 222 Å². The molecule has 0 N–H and O–H groups in total. The molecule has 0 saturated carbocycles. The minimum atomic E-state index is -0.571. The van der Waals surface area contributed by atoms with Gasteiger partial charge in [-0.2, -0.15) is 0 Å². The summed E-state index contributed by atoms with van der Waals surface area (Å²) >= 11 is 0. The maximum Gasteiger partial charge on any atom is 0.164 e. The molecule has 0 saturated heterocycles. The molecule has 3 aliphatic heterocycles. The quantitative estimate of drug-likeness (QED) is 0.180. The highest BCUT2D eigenvalue weighted by Crippen LogP contribution is 2.66. The van der Waals surface area contributed by atoms with Gasteiger partial charge in [0.1, 0.15) is 11.5 Å². The number of allylic oxidation sites excluding steroid dienone is 4. The second kappa shape index (κ2) is 12.3. The predicted molar refractivity (Wildman–Crippen MR) is 227 cm³/mol. The van der Waals surface area contributed by atoms with Crippen molar-refractivity contribution in [1.29, 1.82) is 0 Å². The number of para-hydroxylation sites is 3. The normalized spacial score (nSPS) is 17.8. The first-order valence-electron chi connectivity index (χ1n) is 19.5. The SMILES string of the molecule is C1=CCC2C(=C1)N1c3ccccc3C3(c4ccccc4Oc4cc(-c5ccc(-c6nc(-c7ccccc7)nc(-c7ccccc7)n6)cc5)ccc43)c3cccc2c31. The van der Waals surface area contributed by atoms with E-state index in [0.29, 0.717) is 23.4 Å². The minimum Gasteiger partial charge on any atom is -0.457 e. The molecular weight excluding hydrogens is 697 g/mol. The van der Waals surface area contributed by atoms with Gasteiger partial charge in [-0.3, -0.25) is 0 Å². The zero-order chi connectivity index (χ0) is 37.5. The molecule has 5 heteroatoms. The number of anilines is 2. The lowest BCUT2D eigenvalue weighted by Gasteiger charge is -2.48. The summed E-state index contributed by atoms with van der Waals surface area (Å²) in [5, 5.41) is 0. The first-order chi connectivity index (χ1) is 28.3. The average molecular weight is 731 g/mol. The number of rotatable bonds is 4. The van der Waals surface area contributed by atoms with Crippen LogP contribution in [0.1, 0.15) is 40.2 Å². The zero-order valence-corrected chi connectivity index (χ0v) is 30.9. The van der Waals surface area contributed by atoms with E-state index in [4.69, 9.17) is 19.7 Å².